The van der Waals surface area contributed by atoms with Crippen LogP contribution in [0.3, 0.4) is 0 Å². The SMILES string of the molecule is COc1cc(-c2cc(OC)cc(C(C)(C)C)c2Op2oc3c(C(C)(C)C)cc(OC)cc3c3cc(OC)cc(C(C)(C)C)c3o2)c(OP2OCC(C)(C)CO2)c(C(C)(C)C)c1. The molecular formula is C49H66O10P2. The Bertz CT molecular complexity index is 2360. The molecule has 12 heteroatoms. The van der Waals surface area contributed by atoms with Gasteiger partial charge in [0, 0.05) is 49.6 Å². The molecule has 0 spiro atoms. The topological polar surface area (TPSA) is 100 Å². The van der Waals surface area contributed by atoms with Crippen molar-refractivity contribution in [3.05, 3.63) is 70.8 Å². The number of hydrogen-bond donors (Lipinski definition) is 0. The van der Waals surface area contributed by atoms with E-state index >= 15 is 0 Å². The van der Waals surface area contributed by atoms with E-state index in [2.05, 4.69) is 96.9 Å². The fourth-order valence-electron chi connectivity index (χ4n) is 7.24. The molecule has 1 aromatic heterocycles. The summed E-state index contributed by atoms with van der Waals surface area (Å²) in [5.41, 5.74) is 4.72. The Morgan fingerprint density at radius 1 is 0.459 bits per heavy atom. The molecule has 0 bridgehead atoms. The number of ether oxygens (including phenoxy) is 4. The summed E-state index contributed by atoms with van der Waals surface area (Å²) in [6.07, 6.45) is 0. The number of rotatable bonds is 9. The fourth-order valence-corrected chi connectivity index (χ4v) is 9.83. The third-order valence-corrected chi connectivity index (χ3v) is 12.8. The second-order valence-corrected chi connectivity index (χ2v) is 22.9. The van der Waals surface area contributed by atoms with E-state index in [1.807, 2.05) is 48.5 Å². The first-order valence-corrected chi connectivity index (χ1v) is 23.0. The minimum atomic E-state index is -2.20. The van der Waals surface area contributed by atoms with E-state index in [4.69, 9.17) is 45.4 Å². The van der Waals surface area contributed by atoms with Crippen molar-refractivity contribution in [3.8, 4) is 45.6 Å². The van der Waals surface area contributed by atoms with Crippen LogP contribution < -0.4 is 28.0 Å². The van der Waals surface area contributed by atoms with Crippen molar-refractivity contribution in [2.45, 2.75) is 119 Å². The van der Waals surface area contributed by atoms with E-state index in [1.54, 1.807) is 28.4 Å². The van der Waals surface area contributed by atoms with Gasteiger partial charge in [-0.2, -0.15) is 0 Å². The molecule has 0 saturated carbocycles. The fraction of sp³-hybridized carbons (Fsp3) is 0.510. The molecule has 0 N–H and O–H groups in total. The van der Waals surface area contributed by atoms with Crippen molar-refractivity contribution in [1.82, 2.24) is 0 Å². The maximum Gasteiger partial charge on any atom is 0.453 e. The average Bonchev–Trinajstić information content (AvgIpc) is 3.32. The number of benzene rings is 4. The minimum Gasteiger partial charge on any atom is -0.497 e. The van der Waals surface area contributed by atoms with E-state index in [-0.39, 0.29) is 21.7 Å². The smallest absolute Gasteiger partial charge is 0.453 e. The van der Waals surface area contributed by atoms with Crippen LogP contribution >= 0.6 is 16.8 Å². The number of hydrogen-bond acceptors (Lipinski definition) is 10. The molecule has 61 heavy (non-hydrogen) atoms. The van der Waals surface area contributed by atoms with Gasteiger partial charge in [0.05, 0.1) is 41.7 Å². The molecule has 10 nitrogen and oxygen atoms in total. The predicted molar refractivity (Wildman–Crippen MR) is 248 cm³/mol. The van der Waals surface area contributed by atoms with Crippen molar-refractivity contribution >= 4 is 38.8 Å². The summed E-state index contributed by atoms with van der Waals surface area (Å²) in [6.45, 7) is 31.1. The lowest BCUT2D eigenvalue weighted by Crippen LogP contribution is -2.29. The van der Waals surface area contributed by atoms with Crippen LogP contribution in [0.15, 0.2) is 56.9 Å². The summed E-state index contributed by atoms with van der Waals surface area (Å²) in [7, 11) is 2.76. The largest absolute Gasteiger partial charge is 0.497 e. The van der Waals surface area contributed by atoms with Gasteiger partial charge in [-0.1, -0.05) is 96.9 Å². The van der Waals surface area contributed by atoms with Gasteiger partial charge in [-0.3, -0.25) is 0 Å². The Balaban J connectivity index is 1.77. The van der Waals surface area contributed by atoms with E-state index in [0.717, 1.165) is 33.0 Å². The van der Waals surface area contributed by atoms with Gasteiger partial charge < -0.3 is 45.4 Å². The van der Waals surface area contributed by atoms with Crippen LogP contribution in [-0.4, -0.2) is 41.7 Å². The van der Waals surface area contributed by atoms with Crippen molar-refractivity contribution in [1.29, 1.82) is 0 Å². The van der Waals surface area contributed by atoms with Gasteiger partial charge in [0.25, 0.3) is 0 Å². The first-order chi connectivity index (χ1) is 28.3. The molecule has 0 unspecified atom stereocenters. The Morgan fingerprint density at radius 3 is 1.13 bits per heavy atom. The summed E-state index contributed by atoms with van der Waals surface area (Å²) in [4.78, 5) is 0. The first-order valence-electron chi connectivity index (χ1n) is 20.8. The van der Waals surface area contributed by atoms with Gasteiger partial charge in [-0.05, 0) is 70.2 Å². The van der Waals surface area contributed by atoms with Crippen LogP contribution in [0.5, 0.6) is 34.5 Å². The van der Waals surface area contributed by atoms with Crippen molar-refractivity contribution in [2.75, 3.05) is 41.7 Å². The summed E-state index contributed by atoms with van der Waals surface area (Å²) in [6, 6.07) is 16.1. The lowest BCUT2D eigenvalue weighted by molar-refractivity contribution is 0.0425. The third kappa shape index (κ3) is 9.94. The molecule has 0 amide bonds. The molecule has 1 aliphatic rings. The normalized spacial score (nSPS) is 15.2. The van der Waals surface area contributed by atoms with E-state index < -0.39 is 22.3 Å². The van der Waals surface area contributed by atoms with Crippen molar-refractivity contribution in [3.63, 3.8) is 0 Å². The Hall–Kier alpha value is -4.07. The number of methoxy groups -OCH3 is 4. The quantitative estimate of drug-likeness (QED) is 0.133. The highest BCUT2D eigenvalue weighted by molar-refractivity contribution is 7.42. The van der Waals surface area contributed by atoms with Gasteiger partial charge in [-0.25, -0.2) is 0 Å². The van der Waals surface area contributed by atoms with Crippen molar-refractivity contribution in [2.24, 2.45) is 5.41 Å². The van der Waals surface area contributed by atoms with Crippen LogP contribution in [-0.2, 0) is 30.7 Å². The first kappa shape index (κ1) is 46.4. The summed E-state index contributed by atoms with van der Waals surface area (Å²) >= 11 is 0. The minimum absolute atomic E-state index is 0.138. The van der Waals surface area contributed by atoms with Gasteiger partial charge in [0.15, 0.2) is 0 Å². The Kier molecular flexibility index (Phi) is 12.9. The molecule has 6 rings (SSSR count). The molecule has 0 aliphatic carbocycles. The molecule has 1 saturated heterocycles. The molecule has 0 atom stereocenters. The molecule has 332 valence electrons. The lowest BCUT2D eigenvalue weighted by atomic mass is 9.81. The molecule has 1 fully saturated rings. The third-order valence-electron chi connectivity index (χ3n) is 10.8. The maximum absolute atomic E-state index is 7.36. The molecule has 4 aromatic carbocycles. The van der Waals surface area contributed by atoms with Gasteiger partial charge in [-0.15, -0.1) is 0 Å². The van der Waals surface area contributed by atoms with Crippen LogP contribution in [0.1, 0.15) is 119 Å². The predicted octanol–water partition coefficient (Wildman–Crippen LogP) is 14.7. The van der Waals surface area contributed by atoms with E-state index in [9.17, 15) is 0 Å². The molecule has 0 radical (unpaired) electrons. The van der Waals surface area contributed by atoms with E-state index in [1.165, 1.54) is 0 Å². The van der Waals surface area contributed by atoms with Gasteiger partial charge in [0.1, 0.15) is 45.7 Å². The average molecular weight is 877 g/mol. The second-order valence-electron chi connectivity index (χ2n) is 20.7. The van der Waals surface area contributed by atoms with Crippen LogP contribution in [0.25, 0.3) is 33.1 Å². The highest BCUT2D eigenvalue weighted by Gasteiger charge is 2.36. The van der Waals surface area contributed by atoms with Crippen molar-refractivity contribution < 1.29 is 45.4 Å². The van der Waals surface area contributed by atoms with Crippen LogP contribution in [0, 0.1) is 5.41 Å². The Labute approximate surface area is 365 Å². The van der Waals surface area contributed by atoms with Crippen LogP contribution in [0.2, 0.25) is 0 Å². The summed E-state index contributed by atoms with van der Waals surface area (Å²) < 4.78 is 64.9. The second kappa shape index (κ2) is 16.9. The zero-order valence-electron chi connectivity index (χ0n) is 39.5. The number of fused-ring (bicyclic) bond motifs is 3. The molecule has 5 aromatic rings. The van der Waals surface area contributed by atoms with Gasteiger partial charge >= 0.3 is 16.8 Å². The standard InChI is InChI=1S/C49H66O10P2/c1-45(2,3)37-23-29(50-15)19-33(41(37)56-60-54-27-49(13,14)28-55-60)34-20-30(51-16)24-38(46(4,5)6)42(34)57-61-58-43-35(21-31(52-17)25-39(43)47(7,8)9)36-22-32(53-18)26-40(44(36)59-61)48(10,11)12/h19-26H,27-28H2,1-18H3. The summed E-state index contributed by atoms with van der Waals surface area (Å²) in [5.74, 6) is 3.86. The lowest BCUT2D eigenvalue weighted by Gasteiger charge is -2.34. The maximum atomic E-state index is 7.36. The molecular weight excluding hydrogens is 810 g/mol. The van der Waals surface area contributed by atoms with Gasteiger partial charge in [0.2, 0.25) is 0 Å². The molecule has 1 aliphatic heterocycles. The highest BCUT2D eigenvalue weighted by Crippen LogP contribution is 2.56. The van der Waals surface area contributed by atoms with E-state index in [0.29, 0.717) is 70.0 Å². The highest BCUT2D eigenvalue weighted by atomic mass is 31.2. The summed E-state index contributed by atoms with van der Waals surface area (Å²) in [5, 5.41) is 1.64. The molecule has 2 heterocycles. The monoisotopic (exact) mass is 876 g/mol. The zero-order chi connectivity index (χ0) is 45.0. The Morgan fingerprint density at radius 2 is 0.787 bits per heavy atom. The van der Waals surface area contributed by atoms with Crippen LogP contribution in [0.4, 0.5) is 0 Å². The zero-order valence-corrected chi connectivity index (χ0v) is 41.3.